The van der Waals surface area contributed by atoms with Gasteiger partial charge in [0.15, 0.2) is 5.96 Å². The zero-order valence-electron chi connectivity index (χ0n) is 29.4. The molecule has 0 aliphatic carbocycles. The van der Waals surface area contributed by atoms with Crippen molar-refractivity contribution in [3.05, 3.63) is 35.5 Å². The monoisotopic (exact) mass is 725 g/mol. The first-order valence-corrected chi connectivity index (χ1v) is 17.6. The summed E-state index contributed by atoms with van der Waals surface area (Å²) in [4.78, 5) is 89.1. The van der Waals surface area contributed by atoms with Gasteiger partial charge >= 0.3 is 5.97 Å². The third-order valence-corrected chi connectivity index (χ3v) is 9.49. The average Bonchev–Trinajstić information content (AvgIpc) is 3.76. The number of likely N-dealkylation sites (tertiary alicyclic amines) is 1. The van der Waals surface area contributed by atoms with Crippen LogP contribution in [0, 0.1) is 0 Å². The van der Waals surface area contributed by atoms with E-state index >= 15 is 0 Å². The van der Waals surface area contributed by atoms with Crippen LogP contribution in [0.25, 0.3) is 10.9 Å². The second kappa shape index (κ2) is 18.3. The van der Waals surface area contributed by atoms with Crippen LogP contribution in [-0.4, -0.2) is 118 Å². The van der Waals surface area contributed by atoms with Gasteiger partial charge in [0, 0.05) is 36.1 Å². The molecule has 2 aliphatic rings. The number of unbranched alkanes of at least 4 members (excludes halogenated alkanes) is 1. The summed E-state index contributed by atoms with van der Waals surface area (Å²) >= 11 is 0. The molecule has 1 aromatic carbocycles. The van der Waals surface area contributed by atoms with Crippen molar-refractivity contribution in [1.82, 2.24) is 30.7 Å². The van der Waals surface area contributed by atoms with Gasteiger partial charge in [0.2, 0.25) is 29.5 Å². The second-order valence-corrected chi connectivity index (χ2v) is 13.2. The number of nitrogens with zero attached hydrogens (tertiary/aromatic N) is 3. The van der Waals surface area contributed by atoms with Crippen LogP contribution in [0.1, 0.15) is 63.1 Å². The molecule has 3 heterocycles. The highest BCUT2D eigenvalue weighted by Crippen LogP contribution is 2.31. The Hall–Kier alpha value is -5.23. The zero-order valence-corrected chi connectivity index (χ0v) is 29.4. The number of benzene rings is 1. The van der Waals surface area contributed by atoms with E-state index in [9.17, 15) is 33.9 Å². The van der Waals surface area contributed by atoms with Crippen LogP contribution in [0.5, 0.6) is 0 Å². The predicted octanol–water partition coefficient (Wildman–Crippen LogP) is -1.89. The summed E-state index contributed by atoms with van der Waals surface area (Å²) in [5, 5.41) is 19.1. The molecule has 1 fully saturated rings. The number of aromatic amines is 1. The Morgan fingerprint density at radius 1 is 0.942 bits per heavy atom. The van der Waals surface area contributed by atoms with Gasteiger partial charge in [-0.05, 0) is 70.0 Å². The molecule has 4 rings (SSSR count). The Morgan fingerprint density at radius 2 is 1.63 bits per heavy atom. The summed E-state index contributed by atoms with van der Waals surface area (Å²) in [5.41, 5.74) is 24.3. The van der Waals surface area contributed by atoms with Gasteiger partial charge in [-0.25, -0.2) is 4.79 Å². The minimum absolute atomic E-state index is 0.0158. The van der Waals surface area contributed by atoms with Gasteiger partial charge in [-0.3, -0.25) is 29.0 Å². The van der Waals surface area contributed by atoms with Crippen LogP contribution >= 0.6 is 0 Å². The van der Waals surface area contributed by atoms with E-state index in [-0.39, 0.29) is 51.4 Å². The van der Waals surface area contributed by atoms with E-state index in [1.165, 1.54) is 16.7 Å². The van der Waals surface area contributed by atoms with Crippen molar-refractivity contribution in [2.24, 2.45) is 27.9 Å². The highest BCUT2D eigenvalue weighted by Gasteiger charge is 2.41. The van der Waals surface area contributed by atoms with Gasteiger partial charge in [-0.2, -0.15) is 0 Å². The van der Waals surface area contributed by atoms with E-state index in [2.05, 4.69) is 25.9 Å². The number of para-hydroxylation sites is 1. The lowest BCUT2D eigenvalue weighted by Gasteiger charge is -2.36. The average molecular weight is 726 g/mol. The lowest BCUT2D eigenvalue weighted by molar-refractivity contribution is -0.153. The number of guanidine groups is 1. The van der Waals surface area contributed by atoms with E-state index < -0.39 is 65.7 Å². The Kier molecular flexibility index (Phi) is 13.9. The number of aliphatic imine (C=N–C) groups is 1. The summed E-state index contributed by atoms with van der Waals surface area (Å²) in [6.07, 6.45) is 2.79. The van der Waals surface area contributed by atoms with E-state index in [1.54, 1.807) is 0 Å². The van der Waals surface area contributed by atoms with Gasteiger partial charge in [0.25, 0.3) is 0 Å². The third kappa shape index (κ3) is 9.75. The minimum Gasteiger partial charge on any atom is -0.480 e. The van der Waals surface area contributed by atoms with E-state index in [4.69, 9.17) is 22.9 Å². The molecule has 0 radical (unpaired) electrons. The quantitative estimate of drug-likeness (QED) is 0.0494. The van der Waals surface area contributed by atoms with Crippen LogP contribution in [0.4, 0.5) is 0 Å². The van der Waals surface area contributed by atoms with Gasteiger partial charge in [0.05, 0.1) is 13.1 Å². The van der Waals surface area contributed by atoms with Gasteiger partial charge in [-0.1, -0.05) is 18.2 Å². The van der Waals surface area contributed by atoms with E-state index in [1.807, 2.05) is 24.3 Å². The number of nitrogens with one attached hydrogen (secondary N) is 4. The first kappa shape index (κ1) is 39.6. The number of nitrogens with two attached hydrogens (primary N) is 4. The first-order valence-electron chi connectivity index (χ1n) is 17.6. The Bertz CT molecular complexity index is 1660. The van der Waals surface area contributed by atoms with Crippen molar-refractivity contribution in [2.75, 3.05) is 26.2 Å². The number of rotatable bonds is 17. The molecule has 5 amide bonds. The molecule has 13 N–H and O–H groups in total. The highest BCUT2D eigenvalue weighted by molar-refractivity contribution is 5.97. The topological polar surface area (TPSA) is 297 Å². The summed E-state index contributed by atoms with van der Waals surface area (Å²) in [5.74, 6) is -4.06. The van der Waals surface area contributed by atoms with Crippen molar-refractivity contribution in [3.63, 3.8) is 0 Å². The van der Waals surface area contributed by atoms with Crippen LogP contribution in [0.2, 0.25) is 0 Å². The largest absolute Gasteiger partial charge is 0.480 e. The number of amides is 5. The molecule has 2 aliphatic heterocycles. The van der Waals surface area contributed by atoms with Gasteiger partial charge in [0.1, 0.15) is 30.2 Å². The number of aromatic nitrogens is 1. The Labute approximate surface area is 301 Å². The SMILES string of the molecule is C[C@H](NC(=O)[C@@H]1CCCN1C(=O)[C@H](CCCN=C(N)N)NC(=O)CN)C(=O)N[C@@H](CCCCN)C(=O)N1Cc2[nH]c3ccccc3c2C[C@H]1C(=O)O. The van der Waals surface area contributed by atoms with Crippen molar-refractivity contribution < 1.29 is 33.9 Å². The van der Waals surface area contributed by atoms with Gasteiger partial charge in [-0.15, -0.1) is 0 Å². The lowest BCUT2D eigenvalue weighted by Crippen LogP contribution is -2.59. The predicted molar refractivity (Wildman–Crippen MR) is 192 cm³/mol. The number of carbonyl (C=O) groups is 6. The molecular weight excluding hydrogens is 674 g/mol. The number of fused-ring (bicyclic) bond motifs is 3. The molecular formula is C34H51N11O7. The molecule has 18 nitrogen and oxygen atoms in total. The molecule has 0 bridgehead atoms. The van der Waals surface area contributed by atoms with Crippen LogP contribution in [0.15, 0.2) is 29.3 Å². The maximum atomic E-state index is 14.0. The number of carboxylic acid groups (broad SMARTS) is 1. The van der Waals surface area contributed by atoms with Crippen molar-refractivity contribution in [1.29, 1.82) is 0 Å². The van der Waals surface area contributed by atoms with Gasteiger partial charge < -0.3 is 58.8 Å². The molecule has 284 valence electrons. The third-order valence-electron chi connectivity index (χ3n) is 9.49. The van der Waals surface area contributed by atoms with E-state index in [0.717, 1.165) is 22.2 Å². The van der Waals surface area contributed by atoms with Crippen molar-refractivity contribution in [2.45, 2.75) is 95.0 Å². The number of H-pyrrole nitrogens is 1. The summed E-state index contributed by atoms with van der Waals surface area (Å²) in [6, 6.07) is 2.31. The van der Waals surface area contributed by atoms with Crippen LogP contribution in [-0.2, 0) is 41.7 Å². The maximum Gasteiger partial charge on any atom is 0.326 e. The molecule has 5 atom stereocenters. The normalized spacial score (nSPS) is 18.5. The number of hydrogen-bond donors (Lipinski definition) is 9. The number of carboxylic acids is 1. The molecule has 1 saturated heterocycles. The fourth-order valence-electron chi connectivity index (χ4n) is 6.80. The maximum absolute atomic E-state index is 14.0. The zero-order chi connectivity index (χ0) is 37.9. The standard InChI is InChI=1S/C34H51N11O7/c1-19(40-30(48)26-12-7-15-44(26)31(49)23(42-28(46)17-36)11-6-14-39-34(37)38)29(47)43-24(10-4-5-13-35)32(50)45-18-25-21(16-27(45)33(51)52)20-8-2-3-9-22(20)41-25/h2-3,8-9,19,23-24,26-27,41H,4-7,10-18,35-36H2,1H3,(H,40,48)(H,42,46)(H,43,47)(H,51,52)(H4,37,38,39)/t19-,23-,24-,26-,27-/m0/s1. The first-order chi connectivity index (χ1) is 24.9. The number of aliphatic carboxylic acids is 1. The fraction of sp³-hybridized carbons (Fsp3) is 0.559. The number of carbonyl (C=O) groups excluding carboxylic acids is 5. The molecule has 0 saturated carbocycles. The molecule has 18 heteroatoms. The van der Waals surface area contributed by atoms with E-state index in [0.29, 0.717) is 38.6 Å². The summed E-state index contributed by atoms with van der Waals surface area (Å²) in [6.45, 7) is 2.00. The number of hydrogen-bond acceptors (Lipinski definition) is 9. The molecule has 1 aromatic heterocycles. The highest BCUT2D eigenvalue weighted by atomic mass is 16.4. The van der Waals surface area contributed by atoms with Crippen LogP contribution < -0.4 is 38.9 Å². The molecule has 2 aromatic rings. The Balaban J connectivity index is 1.44. The lowest BCUT2D eigenvalue weighted by atomic mass is 9.95. The van der Waals surface area contributed by atoms with Crippen LogP contribution in [0.3, 0.4) is 0 Å². The summed E-state index contributed by atoms with van der Waals surface area (Å²) in [7, 11) is 0. The molecule has 0 spiro atoms. The minimum atomic E-state index is -1.16. The van der Waals surface area contributed by atoms with Crippen molar-refractivity contribution >= 4 is 52.4 Å². The molecule has 52 heavy (non-hydrogen) atoms. The van der Waals surface area contributed by atoms with Crippen molar-refractivity contribution in [3.8, 4) is 0 Å². The second-order valence-electron chi connectivity index (χ2n) is 13.2. The molecule has 0 unspecified atom stereocenters. The fourth-order valence-corrected chi connectivity index (χ4v) is 6.80. The Morgan fingerprint density at radius 3 is 2.33 bits per heavy atom. The summed E-state index contributed by atoms with van der Waals surface area (Å²) < 4.78 is 0. The smallest absolute Gasteiger partial charge is 0.326 e.